The summed E-state index contributed by atoms with van der Waals surface area (Å²) < 4.78 is 38.0. The van der Waals surface area contributed by atoms with Gasteiger partial charge in [0.1, 0.15) is 0 Å². The zero-order chi connectivity index (χ0) is 14.5. The molecule has 0 amide bonds. The van der Waals surface area contributed by atoms with Gasteiger partial charge < -0.3 is 5.32 Å². The van der Waals surface area contributed by atoms with Crippen LogP contribution in [0.25, 0.3) is 0 Å². The summed E-state index contributed by atoms with van der Waals surface area (Å²) in [6.45, 7) is 7.37. The van der Waals surface area contributed by atoms with Gasteiger partial charge in [0, 0.05) is 6.04 Å². The van der Waals surface area contributed by atoms with Gasteiger partial charge in [0.2, 0.25) is 0 Å². The van der Waals surface area contributed by atoms with Crippen LogP contribution in [0.4, 0.5) is 13.2 Å². The molecule has 1 fully saturated rings. The van der Waals surface area contributed by atoms with Crippen LogP contribution >= 0.6 is 0 Å². The van der Waals surface area contributed by atoms with E-state index in [2.05, 4.69) is 26.1 Å². The SMILES string of the molecule is CCCC(C)C(NCC)C1CCC(C(F)(F)F)CC1. The Labute approximate surface area is 115 Å². The molecule has 0 aromatic rings. The highest BCUT2D eigenvalue weighted by atomic mass is 19.4. The minimum absolute atomic E-state index is 0.314. The minimum Gasteiger partial charge on any atom is -0.314 e. The molecule has 2 atom stereocenters. The van der Waals surface area contributed by atoms with Crippen molar-refractivity contribution in [1.82, 2.24) is 5.32 Å². The van der Waals surface area contributed by atoms with Gasteiger partial charge in [-0.25, -0.2) is 0 Å². The molecule has 0 bridgehead atoms. The number of hydrogen-bond acceptors (Lipinski definition) is 1. The van der Waals surface area contributed by atoms with Crippen LogP contribution in [-0.4, -0.2) is 18.8 Å². The molecular weight excluding hydrogens is 251 g/mol. The van der Waals surface area contributed by atoms with Crippen molar-refractivity contribution < 1.29 is 13.2 Å². The van der Waals surface area contributed by atoms with E-state index in [1.807, 2.05) is 0 Å². The molecule has 0 saturated heterocycles. The number of rotatable bonds is 6. The molecule has 1 aliphatic carbocycles. The van der Waals surface area contributed by atoms with Crippen LogP contribution in [0.5, 0.6) is 0 Å². The summed E-state index contributed by atoms with van der Waals surface area (Å²) in [7, 11) is 0. The average Bonchev–Trinajstić information content (AvgIpc) is 2.35. The molecule has 1 N–H and O–H groups in total. The topological polar surface area (TPSA) is 12.0 Å². The monoisotopic (exact) mass is 279 g/mol. The molecule has 114 valence electrons. The third kappa shape index (κ3) is 4.97. The van der Waals surface area contributed by atoms with Crippen molar-refractivity contribution in [3.05, 3.63) is 0 Å². The molecule has 0 aliphatic heterocycles. The highest BCUT2D eigenvalue weighted by Gasteiger charge is 2.42. The summed E-state index contributed by atoms with van der Waals surface area (Å²) in [5.74, 6) is -0.0926. The molecule has 1 nitrogen and oxygen atoms in total. The van der Waals surface area contributed by atoms with E-state index in [1.54, 1.807) is 0 Å². The Morgan fingerprint density at radius 3 is 2.11 bits per heavy atom. The van der Waals surface area contributed by atoms with E-state index in [4.69, 9.17) is 0 Å². The molecule has 4 heteroatoms. The van der Waals surface area contributed by atoms with Crippen LogP contribution in [0, 0.1) is 17.8 Å². The Morgan fingerprint density at radius 2 is 1.68 bits per heavy atom. The van der Waals surface area contributed by atoms with Gasteiger partial charge in [0.25, 0.3) is 0 Å². The van der Waals surface area contributed by atoms with Gasteiger partial charge in [-0.05, 0) is 50.5 Å². The summed E-state index contributed by atoms with van der Waals surface area (Å²) in [4.78, 5) is 0. The third-order valence-electron chi connectivity index (χ3n) is 4.54. The maximum Gasteiger partial charge on any atom is 0.391 e. The maximum absolute atomic E-state index is 12.7. The van der Waals surface area contributed by atoms with Crippen LogP contribution < -0.4 is 5.32 Å². The van der Waals surface area contributed by atoms with E-state index >= 15 is 0 Å². The summed E-state index contributed by atoms with van der Waals surface area (Å²) in [5.41, 5.74) is 0. The summed E-state index contributed by atoms with van der Waals surface area (Å²) in [5, 5.41) is 3.51. The fourth-order valence-electron chi connectivity index (χ4n) is 3.51. The molecule has 0 radical (unpaired) electrons. The third-order valence-corrected chi connectivity index (χ3v) is 4.54. The second kappa shape index (κ2) is 7.51. The molecule has 1 aliphatic rings. The Morgan fingerprint density at radius 1 is 1.11 bits per heavy atom. The minimum atomic E-state index is -3.99. The fourth-order valence-corrected chi connectivity index (χ4v) is 3.51. The Balaban J connectivity index is 2.54. The van der Waals surface area contributed by atoms with Crippen molar-refractivity contribution in [2.45, 2.75) is 71.5 Å². The van der Waals surface area contributed by atoms with E-state index in [0.717, 1.165) is 32.2 Å². The summed E-state index contributed by atoms with van der Waals surface area (Å²) in [6, 6.07) is 0.388. The fraction of sp³-hybridized carbons (Fsp3) is 1.00. The van der Waals surface area contributed by atoms with Crippen LogP contribution in [0.2, 0.25) is 0 Å². The van der Waals surface area contributed by atoms with Crippen LogP contribution in [0.15, 0.2) is 0 Å². The molecule has 1 rings (SSSR count). The van der Waals surface area contributed by atoms with E-state index < -0.39 is 12.1 Å². The molecular formula is C15H28F3N. The molecule has 0 aromatic heterocycles. The van der Waals surface area contributed by atoms with Crippen molar-refractivity contribution >= 4 is 0 Å². The Hall–Kier alpha value is -0.250. The standard InChI is InChI=1S/C15H28F3N/c1-4-6-11(3)14(19-5-2)12-7-9-13(10-8-12)15(16,17)18/h11-14,19H,4-10H2,1-3H3. The van der Waals surface area contributed by atoms with Gasteiger partial charge >= 0.3 is 6.18 Å². The van der Waals surface area contributed by atoms with Crippen LogP contribution in [0.1, 0.15) is 59.3 Å². The van der Waals surface area contributed by atoms with Crippen molar-refractivity contribution in [2.24, 2.45) is 17.8 Å². The highest BCUT2D eigenvalue weighted by Crippen LogP contribution is 2.41. The number of nitrogens with one attached hydrogen (secondary N) is 1. The first-order valence-corrected chi connectivity index (χ1v) is 7.70. The number of alkyl halides is 3. The van der Waals surface area contributed by atoms with E-state index in [0.29, 0.717) is 30.7 Å². The summed E-state index contributed by atoms with van der Waals surface area (Å²) >= 11 is 0. The normalized spacial score (nSPS) is 28.1. The summed E-state index contributed by atoms with van der Waals surface area (Å²) in [6.07, 6.45) is 0.362. The van der Waals surface area contributed by atoms with Gasteiger partial charge in [0.15, 0.2) is 0 Å². The van der Waals surface area contributed by atoms with Crippen molar-refractivity contribution in [3.63, 3.8) is 0 Å². The zero-order valence-corrected chi connectivity index (χ0v) is 12.4. The van der Waals surface area contributed by atoms with Crippen LogP contribution in [0.3, 0.4) is 0 Å². The van der Waals surface area contributed by atoms with Gasteiger partial charge in [-0.3, -0.25) is 0 Å². The Kier molecular flexibility index (Phi) is 6.64. The van der Waals surface area contributed by atoms with Gasteiger partial charge in [0.05, 0.1) is 5.92 Å². The van der Waals surface area contributed by atoms with Gasteiger partial charge in [-0.15, -0.1) is 0 Å². The van der Waals surface area contributed by atoms with Crippen molar-refractivity contribution in [3.8, 4) is 0 Å². The van der Waals surface area contributed by atoms with E-state index in [9.17, 15) is 13.2 Å². The number of hydrogen-bond donors (Lipinski definition) is 1. The smallest absolute Gasteiger partial charge is 0.314 e. The molecule has 19 heavy (non-hydrogen) atoms. The largest absolute Gasteiger partial charge is 0.391 e. The van der Waals surface area contributed by atoms with Gasteiger partial charge in [-0.2, -0.15) is 13.2 Å². The molecule has 1 saturated carbocycles. The first kappa shape index (κ1) is 16.8. The highest BCUT2D eigenvalue weighted by molar-refractivity contribution is 4.86. The predicted octanol–water partition coefficient (Wildman–Crippen LogP) is 4.77. The van der Waals surface area contributed by atoms with E-state index in [1.165, 1.54) is 0 Å². The lowest BCUT2D eigenvalue weighted by atomic mass is 9.74. The molecule has 2 unspecified atom stereocenters. The predicted molar refractivity (Wildman–Crippen MR) is 73.0 cm³/mol. The van der Waals surface area contributed by atoms with E-state index in [-0.39, 0.29) is 0 Å². The maximum atomic E-state index is 12.7. The first-order chi connectivity index (χ1) is 8.90. The van der Waals surface area contributed by atoms with Gasteiger partial charge in [-0.1, -0.05) is 27.2 Å². The average molecular weight is 279 g/mol. The van der Waals surface area contributed by atoms with Crippen molar-refractivity contribution in [1.29, 1.82) is 0 Å². The molecule has 0 heterocycles. The van der Waals surface area contributed by atoms with Crippen molar-refractivity contribution in [2.75, 3.05) is 6.54 Å². The van der Waals surface area contributed by atoms with Crippen LogP contribution in [-0.2, 0) is 0 Å². The molecule has 0 aromatic carbocycles. The number of halogens is 3. The second-order valence-electron chi connectivity index (χ2n) is 6.00. The lowest BCUT2D eigenvalue weighted by Gasteiger charge is -2.37. The first-order valence-electron chi connectivity index (χ1n) is 7.70. The molecule has 0 spiro atoms. The zero-order valence-electron chi connectivity index (χ0n) is 12.4. The second-order valence-corrected chi connectivity index (χ2v) is 6.00. The lowest BCUT2D eigenvalue weighted by molar-refractivity contribution is -0.184. The lowest BCUT2D eigenvalue weighted by Crippen LogP contribution is -2.43. The Bertz CT molecular complexity index is 244. The quantitative estimate of drug-likeness (QED) is 0.738.